The molecule has 0 radical (unpaired) electrons. The first-order chi connectivity index (χ1) is 13.4. The highest BCUT2D eigenvalue weighted by molar-refractivity contribution is 8.22. The van der Waals surface area contributed by atoms with Crippen LogP contribution in [0.15, 0.2) is 53.4 Å². The van der Waals surface area contributed by atoms with Gasteiger partial charge in [-0.1, -0.05) is 59.8 Å². The zero-order valence-electron chi connectivity index (χ0n) is 17.3. The average molecular weight is 470 g/mol. The van der Waals surface area contributed by atoms with Gasteiger partial charge < -0.3 is 9.80 Å². The van der Waals surface area contributed by atoms with E-state index in [0.717, 1.165) is 20.8 Å². The van der Waals surface area contributed by atoms with Crippen LogP contribution in [0, 0.1) is 0 Å². The molecule has 2 aromatic rings. The van der Waals surface area contributed by atoms with Crippen molar-refractivity contribution < 1.29 is 0 Å². The molecule has 6 heteroatoms. The molecule has 1 saturated carbocycles. The van der Waals surface area contributed by atoms with Crippen LogP contribution in [-0.4, -0.2) is 41.3 Å². The van der Waals surface area contributed by atoms with Gasteiger partial charge in [0.05, 0.1) is 0 Å². The predicted octanol–water partition coefficient (Wildman–Crippen LogP) is 6.86. The molecule has 0 heterocycles. The van der Waals surface area contributed by atoms with Crippen molar-refractivity contribution in [2.45, 2.75) is 49.1 Å². The summed E-state index contributed by atoms with van der Waals surface area (Å²) < 4.78 is 0.943. The second-order valence-corrected chi connectivity index (χ2v) is 10.1. The molecule has 3 rings (SSSR count). The van der Waals surface area contributed by atoms with Crippen LogP contribution < -0.4 is 0 Å². The fourth-order valence-corrected chi connectivity index (χ4v) is 5.21. The number of hydrogen-bond acceptors (Lipinski definition) is 3. The number of halogens is 2. The largest absolute Gasteiger partial charge is 0.357 e. The molecule has 0 atom stereocenters. The SMILES string of the molecule is CN(C)Cc1ccc(C2CCC(N(C)C(=S)Sc3ccc(Cl)cc3)CC2)cc1.Cl. The topological polar surface area (TPSA) is 6.48 Å². The highest BCUT2D eigenvalue weighted by Gasteiger charge is 2.26. The number of nitrogens with zero attached hydrogens (tertiary/aromatic N) is 2. The summed E-state index contributed by atoms with van der Waals surface area (Å²) in [5, 5.41) is 0.761. The van der Waals surface area contributed by atoms with Crippen LogP contribution in [0.25, 0.3) is 0 Å². The number of thioether (sulfide) groups is 1. The van der Waals surface area contributed by atoms with Crippen molar-refractivity contribution in [2.24, 2.45) is 0 Å². The second-order valence-electron chi connectivity index (χ2n) is 7.92. The van der Waals surface area contributed by atoms with Gasteiger partial charge in [0, 0.05) is 29.6 Å². The van der Waals surface area contributed by atoms with Crippen molar-refractivity contribution >= 4 is 52.3 Å². The molecular formula is C23H30Cl2N2S2. The van der Waals surface area contributed by atoms with E-state index in [2.05, 4.69) is 55.2 Å². The molecule has 0 N–H and O–H groups in total. The third-order valence-electron chi connectivity index (χ3n) is 5.50. The molecule has 0 amide bonds. The summed E-state index contributed by atoms with van der Waals surface area (Å²) in [6, 6.07) is 17.7. The lowest BCUT2D eigenvalue weighted by Crippen LogP contribution is -2.37. The van der Waals surface area contributed by atoms with Gasteiger partial charge in [0.25, 0.3) is 0 Å². The molecule has 0 unspecified atom stereocenters. The Balaban J connectivity index is 0.00000300. The van der Waals surface area contributed by atoms with Crippen LogP contribution in [0.4, 0.5) is 0 Å². The zero-order chi connectivity index (χ0) is 20.1. The summed E-state index contributed by atoms with van der Waals surface area (Å²) >= 11 is 13.3. The summed E-state index contributed by atoms with van der Waals surface area (Å²) in [4.78, 5) is 5.65. The van der Waals surface area contributed by atoms with Crippen molar-refractivity contribution in [1.82, 2.24) is 9.80 Å². The van der Waals surface area contributed by atoms with E-state index in [0.29, 0.717) is 12.0 Å². The Morgan fingerprint density at radius 1 is 0.966 bits per heavy atom. The molecular weight excluding hydrogens is 439 g/mol. The first kappa shape index (κ1) is 24.5. The first-order valence-electron chi connectivity index (χ1n) is 9.86. The van der Waals surface area contributed by atoms with Crippen molar-refractivity contribution in [3.05, 3.63) is 64.7 Å². The number of hydrogen-bond donors (Lipinski definition) is 0. The fourth-order valence-electron chi connectivity index (χ4n) is 3.88. The maximum Gasteiger partial charge on any atom is 0.141 e. The zero-order valence-corrected chi connectivity index (χ0v) is 20.5. The summed E-state index contributed by atoms with van der Waals surface area (Å²) in [6.45, 7) is 1.00. The quantitative estimate of drug-likeness (QED) is 0.349. The minimum absolute atomic E-state index is 0. The Bertz CT molecular complexity index is 770. The first-order valence-corrected chi connectivity index (χ1v) is 11.5. The van der Waals surface area contributed by atoms with Gasteiger partial charge in [-0.2, -0.15) is 0 Å². The molecule has 2 nitrogen and oxygen atoms in total. The van der Waals surface area contributed by atoms with E-state index < -0.39 is 0 Å². The fraction of sp³-hybridized carbons (Fsp3) is 0.435. The molecule has 0 saturated heterocycles. The van der Waals surface area contributed by atoms with E-state index in [-0.39, 0.29) is 12.4 Å². The Morgan fingerprint density at radius 3 is 2.10 bits per heavy atom. The maximum absolute atomic E-state index is 5.97. The Morgan fingerprint density at radius 2 is 1.55 bits per heavy atom. The highest BCUT2D eigenvalue weighted by atomic mass is 35.5. The van der Waals surface area contributed by atoms with E-state index in [1.165, 1.54) is 36.8 Å². The second kappa shape index (κ2) is 11.6. The summed E-state index contributed by atoms with van der Waals surface area (Å²) in [6.07, 6.45) is 4.86. The third kappa shape index (κ3) is 7.15. The molecule has 29 heavy (non-hydrogen) atoms. The van der Waals surface area contributed by atoms with E-state index in [9.17, 15) is 0 Å². The van der Waals surface area contributed by atoms with Gasteiger partial charge in [0.1, 0.15) is 4.32 Å². The third-order valence-corrected chi connectivity index (χ3v) is 7.26. The molecule has 158 valence electrons. The van der Waals surface area contributed by atoms with Gasteiger partial charge in [-0.25, -0.2) is 0 Å². The van der Waals surface area contributed by atoms with Gasteiger partial charge in [0.2, 0.25) is 0 Å². The van der Waals surface area contributed by atoms with Crippen LogP contribution in [0.1, 0.15) is 42.7 Å². The molecule has 0 aliphatic heterocycles. The van der Waals surface area contributed by atoms with Crippen molar-refractivity contribution in [1.29, 1.82) is 0 Å². The molecule has 1 aliphatic carbocycles. The number of thiocarbonyl (C=S) groups is 1. The van der Waals surface area contributed by atoms with Crippen LogP contribution in [0.2, 0.25) is 5.02 Å². The Kier molecular flexibility index (Phi) is 9.77. The Hall–Kier alpha value is -0.780. The lowest BCUT2D eigenvalue weighted by molar-refractivity contribution is 0.267. The van der Waals surface area contributed by atoms with Gasteiger partial charge in [0.15, 0.2) is 0 Å². The lowest BCUT2D eigenvalue weighted by Gasteiger charge is -2.36. The van der Waals surface area contributed by atoms with E-state index >= 15 is 0 Å². The normalized spacial score (nSPS) is 18.9. The van der Waals surface area contributed by atoms with Crippen LogP contribution in [-0.2, 0) is 6.54 Å². The highest BCUT2D eigenvalue weighted by Crippen LogP contribution is 2.36. The number of benzene rings is 2. The molecule has 0 bridgehead atoms. The van der Waals surface area contributed by atoms with E-state index in [1.807, 2.05) is 24.3 Å². The van der Waals surface area contributed by atoms with Crippen LogP contribution in [0.5, 0.6) is 0 Å². The monoisotopic (exact) mass is 468 g/mol. The standard InChI is InChI=1S/C23H29ClN2S2.ClH/c1-25(2)16-17-4-6-18(7-5-17)19-8-12-21(13-9-19)26(3)23(27)28-22-14-10-20(24)11-15-22;/h4-7,10-11,14-15,19,21H,8-9,12-13,16H2,1-3H3;1H. The maximum atomic E-state index is 5.97. The lowest BCUT2D eigenvalue weighted by atomic mass is 9.81. The minimum atomic E-state index is 0. The summed E-state index contributed by atoms with van der Waals surface area (Å²) in [7, 11) is 6.37. The van der Waals surface area contributed by atoms with Gasteiger partial charge in [-0.15, -0.1) is 12.4 Å². The summed E-state index contributed by atoms with van der Waals surface area (Å²) in [5.41, 5.74) is 2.87. The molecule has 0 aromatic heterocycles. The van der Waals surface area contributed by atoms with Crippen LogP contribution >= 0.6 is 48.0 Å². The summed E-state index contributed by atoms with van der Waals surface area (Å²) in [5.74, 6) is 0.676. The number of rotatable bonds is 5. The van der Waals surface area contributed by atoms with Gasteiger partial charge in [-0.05, 0) is 81.1 Å². The molecule has 1 fully saturated rings. The van der Waals surface area contributed by atoms with E-state index in [1.54, 1.807) is 11.8 Å². The van der Waals surface area contributed by atoms with Crippen LogP contribution in [0.3, 0.4) is 0 Å². The van der Waals surface area contributed by atoms with Crippen molar-refractivity contribution in [2.75, 3.05) is 21.1 Å². The minimum Gasteiger partial charge on any atom is -0.357 e. The predicted molar refractivity (Wildman–Crippen MR) is 134 cm³/mol. The molecule has 1 aliphatic rings. The average Bonchev–Trinajstić information content (AvgIpc) is 2.69. The molecule has 2 aromatic carbocycles. The van der Waals surface area contributed by atoms with Crippen molar-refractivity contribution in [3.63, 3.8) is 0 Å². The van der Waals surface area contributed by atoms with Gasteiger partial charge >= 0.3 is 0 Å². The molecule has 0 spiro atoms. The van der Waals surface area contributed by atoms with Crippen molar-refractivity contribution in [3.8, 4) is 0 Å². The Labute approximate surface area is 196 Å². The smallest absolute Gasteiger partial charge is 0.141 e. The van der Waals surface area contributed by atoms with E-state index in [4.69, 9.17) is 23.8 Å². The van der Waals surface area contributed by atoms with Gasteiger partial charge in [-0.3, -0.25) is 0 Å².